The van der Waals surface area contributed by atoms with Gasteiger partial charge in [0.25, 0.3) is 0 Å². The Morgan fingerprint density at radius 1 is 1.14 bits per heavy atom. The Morgan fingerprint density at radius 3 is 2.05 bits per heavy atom. The van der Waals surface area contributed by atoms with E-state index in [-0.39, 0.29) is 18.2 Å². The molecular formula is C15H28N2O5. The molecule has 0 heterocycles. The number of carbonyl (C=O) groups is 3. The number of likely N-dealkylation sites (N-methyl/N-ethyl adjacent to an activating group) is 2. The van der Waals surface area contributed by atoms with Crippen LogP contribution in [0.4, 0.5) is 4.79 Å². The van der Waals surface area contributed by atoms with Gasteiger partial charge in [-0.25, -0.2) is 9.59 Å². The number of rotatable bonds is 8. The fraction of sp³-hybridized carbons (Fsp3) is 0.800. The molecule has 0 aliphatic rings. The van der Waals surface area contributed by atoms with Gasteiger partial charge in [0.15, 0.2) is 0 Å². The van der Waals surface area contributed by atoms with Gasteiger partial charge in [-0.15, -0.1) is 0 Å². The van der Waals surface area contributed by atoms with Gasteiger partial charge in [0.1, 0.15) is 6.04 Å². The van der Waals surface area contributed by atoms with Gasteiger partial charge in [-0.3, -0.25) is 9.69 Å². The van der Waals surface area contributed by atoms with Crippen molar-refractivity contribution >= 4 is 18.0 Å². The summed E-state index contributed by atoms with van der Waals surface area (Å²) in [6, 6.07) is -0.652. The molecule has 0 aromatic carbocycles. The monoisotopic (exact) mass is 316 g/mol. The normalized spacial score (nSPS) is 13.4. The molecule has 0 saturated heterocycles. The summed E-state index contributed by atoms with van der Waals surface area (Å²) in [5.74, 6) is -1.31. The summed E-state index contributed by atoms with van der Waals surface area (Å²) in [5.41, 5.74) is 0. The number of hydrogen-bond donors (Lipinski definition) is 1. The molecule has 0 saturated carbocycles. The number of carbonyl (C=O) groups excluding carboxylic acids is 2. The van der Waals surface area contributed by atoms with Gasteiger partial charge in [-0.2, -0.15) is 0 Å². The first-order valence-electron chi connectivity index (χ1n) is 7.49. The molecule has 0 aromatic heterocycles. The lowest BCUT2D eigenvalue weighted by atomic mass is 10.1. The Bertz CT molecular complexity index is 395. The molecule has 0 rings (SSSR count). The van der Waals surface area contributed by atoms with Crippen molar-refractivity contribution in [2.75, 3.05) is 21.1 Å². The van der Waals surface area contributed by atoms with E-state index in [1.54, 1.807) is 14.1 Å². The summed E-state index contributed by atoms with van der Waals surface area (Å²) in [6.45, 7) is 5.61. The summed E-state index contributed by atoms with van der Waals surface area (Å²) < 4.78 is 5.06. The summed E-state index contributed by atoms with van der Waals surface area (Å²) in [6.07, 6.45) is -0.552. The lowest BCUT2D eigenvalue weighted by Crippen LogP contribution is -2.48. The maximum Gasteiger partial charge on any atom is 0.411 e. The summed E-state index contributed by atoms with van der Waals surface area (Å²) in [7, 11) is 4.68. The number of amides is 2. The molecule has 2 amide bonds. The van der Waals surface area contributed by atoms with E-state index in [0.29, 0.717) is 6.42 Å². The third-order valence-corrected chi connectivity index (χ3v) is 3.25. The van der Waals surface area contributed by atoms with Crippen LogP contribution >= 0.6 is 0 Å². The van der Waals surface area contributed by atoms with Crippen LogP contribution < -0.4 is 0 Å². The van der Waals surface area contributed by atoms with Gasteiger partial charge in [-0.05, 0) is 18.8 Å². The first kappa shape index (κ1) is 20.2. The van der Waals surface area contributed by atoms with Gasteiger partial charge in [0.2, 0.25) is 12.0 Å². The first-order chi connectivity index (χ1) is 10.1. The van der Waals surface area contributed by atoms with Gasteiger partial charge in [-0.1, -0.05) is 27.2 Å². The fourth-order valence-corrected chi connectivity index (χ4v) is 2.01. The van der Waals surface area contributed by atoms with Crippen LogP contribution in [0.2, 0.25) is 0 Å². The number of aliphatic carboxylic acids is 1. The van der Waals surface area contributed by atoms with Crippen molar-refractivity contribution in [2.24, 2.45) is 5.92 Å². The van der Waals surface area contributed by atoms with Crippen LogP contribution in [0.25, 0.3) is 0 Å². The molecule has 0 aliphatic carbocycles. The van der Waals surface area contributed by atoms with Crippen LogP contribution in [0.1, 0.15) is 40.0 Å². The van der Waals surface area contributed by atoms with E-state index in [2.05, 4.69) is 0 Å². The number of carboxylic acid groups (broad SMARTS) is 1. The average Bonchev–Trinajstić information content (AvgIpc) is 2.41. The second kappa shape index (κ2) is 9.27. The average molecular weight is 316 g/mol. The minimum atomic E-state index is -1.20. The molecule has 7 nitrogen and oxygen atoms in total. The first-order valence-corrected chi connectivity index (χ1v) is 7.49. The highest BCUT2D eigenvalue weighted by Gasteiger charge is 2.31. The molecule has 0 spiro atoms. The van der Waals surface area contributed by atoms with E-state index in [1.165, 1.54) is 16.8 Å². The quantitative estimate of drug-likeness (QED) is 0.738. The largest absolute Gasteiger partial charge is 0.479 e. The predicted molar refractivity (Wildman–Crippen MR) is 82.5 cm³/mol. The Kier molecular flexibility index (Phi) is 8.52. The van der Waals surface area contributed by atoms with Crippen LogP contribution in [0.3, 0.4) is 0 Å². The third-order valence-electron chi connectivity index (χ3n) is 3.25. The molecule has 0 aromatic rings. The zero-order valence-corrected chi connectivity index (χ0v) is 14.3. The van der Waals surface area contributed by atoms with Crippen LogP contribution in [0, 0.1) is 5.92 Å². The predicted octanol–water partition coefficient (Wildman–Crippen LogP) is 1.81. The highest BCUT2D eigenvalue weighted by atomic mass is 16.6. The fourth-order valence-electron chi connectivity index (χ4n) is 2.01. The molecule has 1 N–H and O–H groups in total. The minimum Gasteiger partial charge on any atom is -0.479 e. The maximum atomic E-state index is 12.2. The van der Waals surface area contributed by atoms with Crippen molar-refractivity contribution in [1.29, 1.82) is 0 Å². The molecule has 7 heteroatoms. The second-order valence-electron chi connectivity index (χ2n) is 5.99. The van der Waals surface area contributed by atoms with E-state index in [1.807, 2.05) is 20.8 Å². The molecule has 0 bridgehead atoms. The van der Waals surface area contributed by atoms with Crippen LogP contribution in [-0.4, -0.2) is 66.2 Å². The lowest BCUT2D eigenvalue weighted by Gasteiger charge is -2.29. The topological polar surface area (TPSA) is 87.2 Å². The number of carboxylic acids is 1. The van der Waals surface area contributed by atoms with Crippen molar-refractivity contribution in [1.82, 2.24) is 9.80 Å². The molecule has 128 valence electrons. The molecule has 22 heavy (non-hydrogen) atoms. The molecule has 2 atom stereocenters. The van der Waals surface area contributed by atoms with Gasteiger partial charge >= 0.3 is 12.1 Å². The Morgan fingerprint density at radius 2 is 1.68 bits per heavy atom. The van der Waals surface area contributed by atoms with Crippen molar-refractivity contribution in [3.63, 3.8) is 0 Å². The van der Waals surface area contributed by atoms with Gasteiger partial charge in [0.05, 0.1) is 0 Å². The van der Waals surface area contributed by atoms with Crippen molar-refractivity contribution in [3.05, 3.63) is 0 Å². The lowest BCUT2D eigenvalue weighted by molar-refractivity contribution is -0.148. The summed E-state index contributed by atoms with van der Waals surface area (Å²) in [4.78, 5) is 38.0. The van der Waals surface area contributed by atoms with Gasteiger partial charge < -0.3 is 14.7 Å². The molecule has 0 radical (unpaired) electrons. The standard InChI is InChI=1S/C15H28N2O5/c1-7-8-11(13(18)16(4)5)17(6)15(21)22-12(14(19)20)9-10(2)3/h10-12H,7-9H2,1-6H3,(H,19,20)/t11?,12-/m0/s1. The molecule has 1 unspecified atom stereocenters. The van der Waals surface area contributed by atoms with E-state index >= 15 is 0 Å². The summed E-state index contributed by atoms with van der Waals surface area (Å²) >= 11 is 0. The van der Waals surface area contributed by atoms with Crippen LogP contribution in [0.5, 0.6) is 0 Å². The summed E-state index contributed by atoms with van der Waals surface area (Å²) in [5, 5.41) is 9.12. The van der Waals surface area contributed by atoms with E-state index < -0.39 is 24.2 Å². The zero-order valence-electron chi connectivity index (χ0n) is 14.3. The highest BCUT2D eigenvalue weighted by molar-refractivity contribution is 5.86. The van der Waals surface area contributed by atoms with Gasteiger partial charge in [0, 0.05) is 21.1 Å². The third kappa shape index (κ3) is 6.32. The van der Waals surface area contributed by atoms with E-state index in [4.69, 9.17) is 9.84 Å². The Labute approximate surface area is 132 Å². The van der Waals surface area contributed by atoms with Crippen molar-refractivity contribution in [2.45, 2.75) is 52.2 Å². The minimum absolute atomic E-state index is 0.0778. The Balaban J connectivity index is 4.98. The maximum absolute atomic E-state index is 12.2. The van der Waals surface area contributed by atoms with Crippen molar-refractivity contribution < 1.29 is 24.2 Å². The molecule has 0 aliphatic heterocycles. The second-order valence-corrected chi connectivity index (χ2v) is 5.99. The van der Waals surface area contributed by atoms with E-state index in [0.717, 1.165) is 6.42 Å². The van der Waals surface area contributed by atoms with E-state index in [9.17, 15) is 14.4 Å². The van der Waals surface area contributed by atoms with Crippen LogP contribution in [-0.2, 0) is 14.3 Å². The smallest absolute Gasteiger partial charge is 0.411 e. The number of hydrogen-bond acceptors (Lipinski definition) is 4. The number of ether oxygens (including phenoxy) is 1. The Hall–Kier alpha value is -1.79. The highest BCUT2D eigenvalue weighted by Crippen LogP contribution is 2.14. The van der Waals surface area contributed by atoms with Crippen molar-refractivity contribution in [3.8, 4) is 0 Å². The van der Waals surface area contributed by atoms with Crippen LogP contribution in [0.15, 0.2) is 0 Å². The SMILES string of the molecule is CCCC(C(=O)N(C)C)N(C)C(=O)O[C@@H](CC(C)C)C(=O)O. The number of nitrogens with zero attached hydrogens (tertiary/aromatic N) is 2. The molecular weight excluding hydrogens is 288 g/mol. The zero-order chi connectivity index (χ0) is 17.4. The molecule has 0 fully saturated rings.